The van der Waals surface area contributed by atoms with E-state index < -0.39 is 29.3 Å². The molecule has 0 atom stereocenters. The third-order valence-electron chi connectivity index (χ3n) is 4.54. The molecule has 14 heteroatoms. The molecule has 3 N–H and O–H groups in total. The average molecular weight is 557 g/mol. The van der Waals surface area contributed by atoms with Crippen LogP contribution in [0.15, 0.2) is 53.7 Å². The Morgan fingerprint density at radius 2 is 1.82 bits per heavy atom. The molecule has 0 bridgehead atoms. The highest BCUT2D eigenvalue weighted by Crippen LogP contribution is 2.37. The molecule has 0 saturated heterocycles. The predicted molar refractivity (Wildman–Crippen MR) is 119 cm³/mol. The lowest BCUT2D eigenvalue weighted by molar-refractivity contribution is -0.137. The molecular formula is C20H11BrClF4N7O. The van der Waals surface area contributed by atoms with E-state index in [2.05, 4.69) is 41.4 Å². The number of pyridine rings is 2. The van der Waals surface area contributed by atoms with Gasteiger partial charge in [-0.25, -0.2) is 9.37 Å². The highest BCUT2D eigenvalue weighted by atomic mass is 79.9. The number of nitrogens with two attached hydrogens (primary N) is 1. The normalized spacial score (nSPS) is 11.5. The van der Waals surface area contributed by atoms with Gasteiger partial charge in [-0.05, 0) is 34.1 Å². The van der Waals surface area contributed by atoms with Crippen LogP contribution in [-0.2, 0) is 6.18 Å². The van der Waals surface area contributed by atoms with Crippen LogP contribution in [0, 0.1) is 5.82 Å². The summed E-state index contributed by atoms with van der Waals surface area (Å²) in [5, 5.41) is 9.38. The molecule has 1 amide bonds. The fraction of sp³-hybridized carbons (Fsp3) is 0.0500. The van der Waals surface area contributed by atoms with Crippen LogP contribution in [0.3, 0.4) is 0 Å². The van der Waals surface area contributed by atoms with E-state index in [1.165, 1.54) is 30.9 Å². The van der Waals surface area contributed by atoms with E-state index >= 15 is 0 Å². The number of nitrogens with one attached hydrogen (secondary N) is 1. The number of hydrogen-bond acceptors (Lipinski definition) is 6. The number of alkyl halides is 3. The molecule has 0 saturated carbocycles. The summed E-state index contributed by atoms with van der Waals surface area (Å²) in [7, 11) is 0. The van der Waals surface area contributed by atoms with Crippen LogP contribution in [0.25, 0.3) is 16.9 Å². The maximum Gasteiger partial charge on any atom is 0.420 e. The number of nitrogens with zero attached hydrogens (tertiary/aromatic N) is 5. The van der Waals surface area contributed by atoms with Gasteiger partial charge < -0.3 is 11.1 Å². The van der Waals surface area contributed by atoms with Crippen molar-refractivity contribution < 1.29 is 22.4 Å². The summed E-state index contributed by atoms with van der Waals surface area (Å²) in [5.41, 5.74) is 4.54. The summed E-state index contributed by atoms with van der Waals surface area (Å²) in [6.45, 7) is 0. The van der Waals surface area contributed by atoms with Crippen molar-refractivity contribution in [3.63, 3.8) is 0 Å². The van der Waals surface area contributed by atoms with Crippen LogP contribution in [0.1, 0.15) is 15.9 Å². The summed E-state index contributed by atoms with van der Waals surface area (Å²) in [6.07, 6.45) is 1.28. The topological polar surface area (TPSA) is 112 Å². The Bertz CT molecular complexity index is 1380. The van der Waals surface area contributed by atoms with Crippen molar-refractivity contribution in [3.05, 3.63) is 75.6 Å². The Morgan fingerprint density at radius 3 is 2.47 bits per heavy atom. The summed E-state index contributed by atoms with van der Waals surface area (Å²) in [6, 6.07) is 2.71. The van der Waals surface area contributed by atoms with E-state index in [1.807, 2.05) is 0 Å². The number of benzene rings is 1. The lowest BCUT2D eigenvalue weighted by Crippen LogP contribution is -2.17. The Labute approximate surface area is 201 Å². The van der Waals surface area contributed by atoms with Gasteiger partial charge in [0.05, 0.1) is 46.7 Å². The van der Waals surface area contributed by atoms with Gasteiger partial charge in [-0.3, -0.25) is 9.78 Å². The van der Waals surface area contributed by atoms with Gasteiger partial charge in [-0.15, -0.1) is 4.80 Å². The minimum absolute atomic E-state index is 0.00502. The molecule has 4 rings (SSSR count). The summed E-state index contributed by atoms with van der Waals surface area (Å²) in [5.74, 6) is -2.36. The zero-order chi connectivity index (χ0) is 24.6. The molecule has 174 valence electrons. The lowest BCUT2D eigenvalue weighted by Gasteiger charge is -2.14. The maximum atomic E-state index is 14.9. The zero-order valence-corrected chi connectivity index (χ0v) is 19.0. The van der Waals surface area contributed by atoms with Crippen molar-refractivity contribution in [2.75, 3.05) is 11.1 Å². The Kier molecular flexibility index (Phi) is 6.23. The van der Waals surface area contributed by atoms with Crippen molar-refractivity contribution in [1.29, 1.82) is 0 Å². The molecule has 8 nitrogen and oxygen atoms in total. The molecular weight excluding hydrogens is 546 g/mol. The number of nitrogen functional groups attached to an aromatic ring is 1. The molecule has 1 aromatic carbocycles. The summed E-state index contributed by atoms with van der Waals surface area (Å²) >= 11 is 9.43. The first-order valence-corrected chi connectivity index (χ1v) is 10.4. The van der Waals surface area contributed by atoms with Crippen molar-refractivity contribution >= 4 is 44.8 Å². The summed E-state index contributed by atoms with van der Waals surface area (Å²) < 4.78 is 56.0. The third kappa shape index (κ3) is 4.56. The van der Waals surface area contributed by atoms with E-state index in [0.717, 1.165) is 12.3 Å². The number of rotatable bonds is 4. The van der Waals surface area contributed by atoms with E-state index in [4.69, 9.17) is 17.3 Å². The van der Waals surface area contributed by atoms with Gasteiger partial charge in [0.15, 0.2) is 5.82 Å². The number of aromatic nitrogens is 5. The molecule has 4 aromatic rings. The standard InChI is InChI=1S/C20H11BrClF4N7O/c21-13-7-28-8-16(27)17(13)11-4-14(22)10(5-15(11)23)19(34)32-9-3-12(20(24,25)26)18(29-6-9)33-30-1-2-31-33/h1-8H,27H2,(H,32,34). The van der Waals surface area contributed by atoms with Crippen molar-refractivity contribution in [3.8, 4) is 16.9 Å². The Balaban J connectivity index is 1.68. The highest BCUT2D eigenvalue weighted by molar-refractivity contribution is 9.10. The number of anilines is 2. The molecule has 0 aliphatic heterocycles. The van der Waals surface area contributed by atoms with Gasteiger partial charge in [0, 0.05) is 21.8 Å². The summed E-state index contributed by atoms with van der Waals surface area (Å²) in [4.78, 5) is 21.0. The van der Waals surface area contributed by atoms with E-state index in [0.29, 0.717) is 15.3 Å². The van der Waals surface area contributed by atoms with Gasteiger partial charge in [-0.2, -0.15) is 23.4 Å². The van der Waals surface area contributed by atoms with Crippen LogP contribution >= 0.6 is 27.5 Å². The predicted octanol–water partition coefficient (Wildman–Crippen LogP) is 5.13. The molecule has 0 unspecified atom stereocenters. The molecule has 0 aliphatic rings. The number of hydrogen-bond donors (Lipinski definition) is 2. The molecule has 3 aromatic heterocycles. The molecule has 0 aliphatic carbocycles. The first-order valence-electron chi connectivity index (χ1n) is 9.20. The quantitative estimate of drug-likeness (QED) is 0.337. The first kappa shape index (κ1) is 23.6. The monoisotopic (exact) mass is 555 g/mol. The van der Waals surface area contributed by atoms with E-state index in [9.17, 15) is 22.4 Å². The van der Waals surface area contributed by atoms with Gasteiger partial charge in [0.2, 0.25) is 0 Å². The smallest absolute Gasteiger partial charge is 0.397 e. The second kappa shape index (κ2) is 8.99. The average Bonchev–Trinajstić information content (AvgIpc) is 3.30. The molecule has 0 spiro atoms. The third-order valence-corrected chi connectivity index (χ3v) is 5.45. The molecule has 3 heterocycles. The van der Waals surface area contributed by atoms with Crippen LogP contribution in [-0.4, -0.2) is 30.9 Å². The van der Waals surface area contributed by atoms with Crippen LogP contribution in [0.4, 0.5) is 28.9 Å². The van der Waals surface area contributed by atoms with Gasteiger partial charge in [0.25, 0.3) is 5.91 Å². The van der Waals surface area contributed by atoms with Crippen LogP contribution < -0.4 is 11.1 Å². The van der Waals surface area contributed by atoms with Gasteiger partial charge >= 0.3 is 6.18 Å². The van der Waals surface area contributed by atoms with Gasteiger partial charge in [0.1, 0.15) is 11.4 Å². The number of carbonyl (C=O) groups is 1. The SMILES string of the molecule is Nc1cncc(Br)c1-c1cc(Cl)c(C(=O)Nc2cnc(-n3nccn3)c(C(F)(F)F)c2)cc1F. The van der Waals surface area contributed by atoms with E-state index in [-0.39, 0.29) is 33.1 Å². The lowest BCUT2D eigenvalue weighted by atomic mass is 10.0. The molecule has 0 radical (unpaired) electrons. The van der Waals surface area contributed by atoms with Crippen LogP contribution in [0.2, 0.25) is 5.02 Å². The van der Waals surface area contributed by atoms with Crippen molar-refractivity contribution in [2.24, 2.45) is 0 Å². The van der Waals surface area contributed by atoms with Gasteiger partial charge in [-0.1, -0.05) is 11.6 Å². The highest BCUT2D eigenvalue weighted by Gasteiger charge is 2.36. The fourth-order valence-electron chi connectivity index (χ4n) is 3.06. The Hall–Kier alpha value is -3.58. The maximum absolute atomic E-state index is 14.9. The van der Waals surface area contributed by atoms with Crippen molar-refractivity contribution in [2.45, 2.75) is 6.18 Å². The zero-order valence-electron chi connectivity index (χ0n) is 16.6. The number of carbonyl (C=O) groups excluding carboxylic acids is 1. The second-order valence-electron chi connectivity index (χ2n) is 6.76. The van der Waals surface area contributed by atoms with Crippen molar-refractivity contribution in [1.82, 2.24) is 25.0 Å². The van der Waals surface area contributed by atoms with Crippen LogP contribution in [0.5, 0.6) is 0 Å². The number of amides is 1. The second-order valence-corrected chi connectivity index (χ2v) is 8.02. The fourth-order valence-corrected chi connectivity index (χ4v) is 3.87. The molecule has 34 heavy (non-hydrogen) atoms. The number of halogens is 6. The largest absolute Gasteiger partial charge is 0.420 e. The minimum atomic E-state index is -4.82. The molecule has 0 fully saturated rings. The van der Waals surface area contributed by atoms with E-state index in [1.54, 1.807) is 0 Å². The minimum Gasteiger partial charge on any atom is -0.397 e. The first-order chi connectivity index (χ1) is 16.1. The Morgan fingerprint density at radius 1 is 1.12 bits per heavy atom.